The van der Waals surface area contributed by atoms with Crippen molar-refractivity contribution in [1.29, 1.82) is 0 Å². The van der Waals surface area contributed by atoms with Crippen molar-refractivity contribution in [3.63, 3.8) is 0 Å². The molecule has 6 nitrogen and oxygen atoms in total. The van der Waals surface area contributed by atoms with Crippen LogP contribution < -0.4 is 5.32 Å². The largest absolute Gasteiger partial charge is 0.481 e. The lowest BCUT2D eigenvalue weighted by molar-refractivity contribution is -0.142. The predicted molar refractivity (Wildman–Crippen MR) is 147 cm³/mol. The highest BCUT2D eigenvalue weighted by Gasteiger charge is 2.29. The fourth-order valence-corrected chi connectivity index (χ4v) is 4.48. The number of nitrogens with zero attached hydrogens (tertiary/aromatic N) is 2. The van der Waals surface area contributed by atoms with Crippen LogP contribution in [0.1, 0.15) is 84.9 Å². The van der Waals surface area contributed by atoms with E-state index < -0.39 is 11.4 Å². The topological polar surface area (TPSA) is 84.2 Å². The minimum Gasteiger partial charge on any atom is -0.481 e. The van der Waals surface area contributed by atoms with E-state index in [1.807, 2.05) is 73.1 Å². The third-order valence-corrected chi connectivity index (χ3v) is 7.16. The summed E-state index contributed by atoms with van der Waals surface area (Å²) in [7, 11) is 0. The van der Waals surface area contributed by atoms with Gasteiger partial charge in [-0.1, -0.05) is 62.4 Å². The van der Waals surface area contributed by atoms with Gasteiger partial charge in [-0.05, 0) is 74.1 Å². The Hall–Kier alpha value is -3.93. The maximum atomic E-state index is 13.1. The lowest BCUT2D eigenvalue weighted by Gasteiger charge is -2.19. The molecular formula is C31H35N3O3. The van der Waals surface area contributed by atoms with Gasteiger partial charge in [-0.15, -0.1) is 0 Å². The van der Waals surface area contributed by atoms with Crippen molar-refractivity contribution >= 4 is 22.8 Å². The zero-order valence-electron chi connectivity index (χ0n) is 22.4. The number of aliphatic carboxylic acids is 1. The highest BCUT2D eigenvalue weighted by atomic mass is 16.4. The number of carboxylic acids is 1. The van der Waals surface area contributed by atoms with Crippen LogP contribution in [0.4, 0.5) is 0 Å². The quantitative estimate of drug-likeness (QED) is 0.296. The number of carbonyl (C=O) groups excluding carboxylic acids is 1. The molecule has 0 saturated carbocycles. The van der Waals surface area contributed by atoms with Crippen molar-refractivity contribution in [2.45, 2.75) is 65.5 Å². The smallest absolute Gasteiger partial charge is 0.313 e. The van der Waals surface area contributed by atoms with Gasteiger partial charge in [0.2, 0.25) is 0 Å². The molecule has 0 spiro atoms. The second-order valence-electron chi connectivity index (χ2n) is 10.6. The lowest BCUT2D eigenvalue weighted by Crippen LogP contribution is -2.28. The minimum atomic E-state index is -0.945. The van der Waals surface area contributed by atoms with Crippen molar-refractivity contribution in [1.82, 2.24) is 15.1 Å². The van der Waals surface area contributed by atoms with Gasteiger partial charge >= 0.3 is 5.97 Å². The number of aromatic nitrogens is 2. The Morgan fingerprint density at radius 3 is 2.30 bits per heavy atom. The molecule has 37 heavy (non-hydrogen) atoms. The van der Waals surface area contributed by atoms with E-state index in [2.05, 4.69) is 31.3 Å². The number of fused-ring (bicyclic) bond motifs is 1. The number of nitrogens with one attached hydrogen (secondary N) is 1. The van der Waals surface area contributed by atoms with E-state index in [1.54, 1.807) is 13.8 Å². The number of amides is 1. The number of carboxylic acid groups (broad SMARTS) is 1. The van der Waals surface area contributed by atoms with E-state index >= 15 is 0 Å². The van der Waals surface area contributed by atoms with Crippen LogP contribution in [-0.4, -0.2) is 26.8 Å². The maximum absolute atomic E-state index is 13.1. The number of aryl methyl sites for hydroxylation is 1. The molecule has 1 aromatic heterocycles. The third kappa shape index (κ3) is 5.43. The van der Waals surface area contributed by atoms with Crippen LogP contribution in [0, 0.1) is 6.92 Å². The first-order valence-corrected chi connectivity index (χ1v) is 12.7. The van der Waals surface area contributed by atoms with Gasteiger partial charge < -0.3 is 10.4 Å². The summed E-state index contributed by atoms with van der Waals surface area (Å²) in [5.41, 5.74) is 5.57. The first-order valence-electron chi connectivity index (χ1n) is 12.7. The van der Waals surface area contributed by atoms with E-state index in [0.29, 0.717) is 18.0 Å². The minimum absolute atomic E-state index is 0.111. The fraction of sp³-hybridized carbons (Fsp3) is 0.323. The molecule has 1 heterocycles. The van der Waals surface area contributed by atoms with Crippen LogP contribution >= 0.6 is 0 Å². The van der Waals surface area contributed by atoms with Crippen LogP contribution in [0.2, 0.25) is 0 Å². The predicted octanol–water partition coefficient (Wildman–Crippen LogP) is 6.37. The van der Waals surface area contributed by atoms with Gasteiger partial charge in [-0.3, -0.25) is 14.3 Å². The second-order valence-corrected chi connectivity index (χ2v) is 10.6. The molecule has 6 heteroatoms. The average molecular weight is 498 g/mol. The third-order valence-electron chi connectivity index (χ3n) is 7.16. The van der Waals surface area contributed by atoms with Crippen LogP contribution in [-0.2, 0) is 16.8 Å². The first-order chi connectivity index (χ1) is 17.5. The number of rotatable bonds is 8. The summed E-state index contributed by atoms with van der Waals surface area (Å²) in [6, 6.07) is 21.5. The molecule has 4 aromatic rings. The monoisotopic (exact) mass is 497 g/mol. The molecular weight excluding hydrogens is 462 g/mol. The van der Waals surface area contributed by atoms with Gasteiger partial charge in [0.1, 0.15) is 0 Å². The fourth-order valence-electron chi connectivity index (χ4n) is 4.48. The van der Waals surface area contributed by atoms with Crippen LogP contribution in [0.5, 0.6) is 0 Å². The summed E-state index contributed by atoms with van der Waals surface area (Å²) in [4.78, 5) is 24.6. The van der Waals surface area contributed by atoms with E-state index in [1.165, 1.54) is 5.56 Å². The number of benzene rings is 3. The molecule has 0 unspecified atom stereocenters. The molecule has 1 atom stereocenters. The highest BCUT2D eigenvalue weighted by Crippen LogP contribution is 2.26. The van der Waals surface area contributed by atoms with Gasteiger partial charge in [0.05, 0.1) is 29.2 Å². The number of hydrogen-bond donors (Lipinski definition) is 2. The number of carbonyl (C=O) groups is 2. The Labute approximate surface area is 218 Å². The normalized spacial score (nSPS) is 12.6. The Morgan fingerprint density at radius 2 is 1.65 bits per heavy atom. The SMILES string of the molecule is Cc1nn(Cc2ccc(C(C)(C)C(=O)O)cc2)c2ccc(C(=O)N[C@@H](C)c3cccc(C(C)C)c3)cc12. The van der Waals surface area contributed by atoms with Crippen molar-refractivity contribution in [2.24, 2.45) is 0 Å². The van der Waals surface area contributed by atoms with Gasteiger partial charge in [-0.25, -0.2) is 0 Å². The van der Waals surface area contributed by atoms with E-state index in [-0.39, 0.29) is 11.9 Å². The molecule has 0 fully saturated rings. The second kappa shape index (κ2) is 10.2. The van der Waals surface area contributed by atoms with Crippen molar-refractivity contribution in [3.8, 4) is 0 Å². The molecule has 0 bridgehead atoms. The lowest BCUT2D eigenvalue weighted by atomic mass is 9.84. The molecule has 2 N–H and O–H groups in total. The zero-order chi connectivity index (χ0) is 26.9. The average Bonchev–Trinajstić information content (AvgIpc) is 3.18. The van der Waals surface area contributed by atoms with Crippen molar-refractivity contribution in [3.05, 3.63) is 100 Å². The Balaban J connectivity index is 1.52. The Bertz CT molecular complexity index is 1450. The molecule has 1 amide bonds. The Kier molecular flexibility index (Phi) is 7.21. The molecule has 0 aliphatic rings. The van der Waals surface area contributed by atoms with Crippen LogP contribution in [0.3, 0.4) is 0 Å². The molecule has 0 aliphatic heterocycles. The summed E-state index contributed by atoms with van der Waals surface area (Å²) < 4.78 is 1.92. The standard InChI is InChI=1S/C31H35N3O3/c1-19(2)23-8-7-9-24(16-23)20(3)32-29(35)25-12-15-28-27(17-25)21(4)33-34(28)18-22-10-13-26(14-11-22)31(5,6)30(36)37/h7-17,19-20H,18H2,1-6H3,(H,32,35)(H,36,37)/t20-/m0/s1. The summed E-state index contributed by atoms with van der Waals surface area (Å²) in [6.07, 6.45) is 0. The first kappa shape index (κ1) is 26.1. The molecule has 0 saturated heterocycles. The van der Waals surface area contributed by atoms with Crippen LogP contribution in [0.25, 0.3) is 10.9 Å². The van der Waals surface area contributed by atoms with Crippen molar-refractivity contribution in [2.75, 3.05) is 0 Å². The molecule has 4 rings (SSSR count). The summed E-state index contributed by atoms with van der Waals surface area (Å²) in [6.45, 7) is 12.2. The summed E-state index contributed by atoms with van der Waals surface area (Å²) in [5.74, 6) is -0.542. The van der Waals surface area contributed by atoms with Crippen molar-refractivity contribution < 1.29 is 14.7 Å². The van der Waals surface area contributed by atoms with Gasteiger partial charge in [-0.2, -0.15) is 5.10 Å². The molecule has 192 valence electrons. The van der Waals surface area contributed by atoms with Crippen LogP contribution in [0.15, 0.2) is 66.7 Å². The summed E-state index contributed by atoms with van der Waals surface area (Å²) in [5, 5.41) is 18.2. The van der Waals surface area contributed by atoms with E-state index in [9.17, 15) is 14.7 Å². The van der Waals surface area contributed by atoms with Gasteiger partial charge in [0, 0.05) is 10.9 Å². The van der Waals surface area contributed by atoms with E-state index in [0.717, 1.165) is 33.3 Å². The zero-order valence-corrected chi connectivity index (χ0v) is 22.4. The van der Waals surface area contributed by atoms with Gasteiger partial charge in [0.25, 0.3) is 5.91 Å². The molecule has 0 aliphatic carbocycles. The molecule has 0 radical (unpaired) electrons. The summed E-state index contributed by atoms with van der Waals surface area (Å²) >= 11 is 0. The Morgan fingerprint density at radius 1 is 0.973 bits per heavy atom. The highest BCUT2D eigenvalue weighted by molar-refractivity contribution is 5.98. The van der Waals surface area contributed by atoms with Gasteiger partial charge in [0.15, 0.2) is 0 Å². The molecule has 3 aromatic carbocycles. The van der Waals surface area contributed by atoms with E-state index in [4.69, 9.17) is 5.10 Å². The maximum Gasteiger partial charge on any atom is 0.313 e. The number of hydrogen-bond acceptors (Lipinski definition) is 3.